The van der Waals surface area contributed by atoms with Gasteiger partial charge in [-0.1, -0.05) is 18.2 Å². The van der Waals surface area contributed by atoms with Crippen LogP contribution in [-0.2, 0) is 0 Å². The average molecular weight is 408 g/mol. The van der Waals surface area contributed by atoms with E-state index >= 15 is 0 Å². The third-order valence-corrected chi connectivity index (χ3v) is 4.63. The number of nitrogens with zero attached hydrogens (tertiary/aromatic N) is 2. The summed E-state index contributed by atoms with van der Waals surface area (Å²) < 4.78 is 10.5. The number of hydrogen-bond donors (Lipinski definition) is 1. The highest BCUT2D eigenvalue weighted by Crippen LogP contribution is 2.33. The summed E-state index contributed by atoms with van der Waals surface area (Å²) in [5.74, 6) is 0.570. The molecule has 9 heteroatoms. The van der Waals surface area contributed by atoms with Gasteiger partial charge in [-0.25, -0.2) is 0 Å². The van der Waals surface area contributed by atoms with Crippen LogP contribution in [0.15, 0.2) is 42.5 Å². The minimum absolute atomic E-state index is 0. The van der Waals surface area contributed by atoms with Crippen molar-refractivity contribution < 1.29 is 19.2 Å². The first-order chi connectivity index (χ1) is 13.1. The van der Waals surface area contributed by atoms with Crippen LogP contribution in [0.1, 0.15) is 22.0 Å². The summed E-state index contributed by atoms with van der Waals surface area (Å²) in [4.78, 5) is 25.5. The number of methoxy groups -OCH3 is 2. The Morgan fingerprint density at radius 3 is 2.57 bits per heavy atom. The van der Waals surface area contributed by atoms with Crippen molar-refractivity contribution in [2.45, 2.75) is 6.04 Å². The average Bonchev–Trinajstić information content (AvgIpc) is 2.72. The number of amides is 1. The van der Waals surface area contributed by atoms with Gasteiger partial charge in [0, 0.05) is 42.9 Å². The molecule has 1 atom stereocenters. The number of rotatable bonds is 5. The molecule has 1 heterocycles. The zero-order valence-electron chi connectivity index (χ0n) is 15.6. The topological polar surface area (TPSA) is 93.9 Å². The van der Waals surface area contributed by atoms with Gasteiger partial charge in [0.2, 0.25) is 0 Å². The first kappa shape index (κ1) is 21.5. The predicted octanol–water partition coefficient (Wildman–Crippen LogP) is 2.82. The van der Waals surface area contributed by atoms with Gasteiger partial charge in [-0.2, -0.15) is 0 Å². The number of carbonyl (C=O) groups is 1. The van der Waals surface area contributed by atoms with E-state index in [0.29, 0.717) is 30.9 Å². The van der Waals surface area contributed by atoms with Gasteiger partial charge in [-0.15, -0.1) is 12.4 Å². The fourth-order valence-electron chi connectivity index (χ4n) is 3.29. The van der Waals surface area contributed by atoms with Crippen LogP contribution in [0.25, 0.3) is 0 Å². The second-order valence-electron chi connectivity index (χ2n) is 6.10. The molecule has 0 saturated carbocycles. The molecule has 1 fully saturated rings. The molecule has 1 N–H and O–H groups in total. The minimum atomic E-state index is -0.532. The monoisotopic (exact) mass is 407 g/mol. The standard InChI is InChI=1S/C19H21N3O5.ClH/c1-26-17-6-4-3-5-14(17)16-12-20-9-10-21(16)19(23)13-7-8-15(22(24)25)18(11-13)27-2;/h3-8,11,16,20H,9-10,12H2,1-2H3;1H. The van der Waals surface area contributed by atoms with Gasteiger partial charge < -0.3 is 19.7 Å². The van der Waals surface area contributed by atoms with E-state index in [9.17, 15) is 14.9 Å². The van der Waals surface area contributed by atoms with Gasteiger partial charge in [0.15, 0.2) is 5.75 Å². The van der Waals surface area contributed by atoms with Gasteiger partial charge in [0.1, 0.15) is 5.75 Å². The van der Waals surface area contributed by atoms with Crippen molar-refractivity contribution in [2.24, 2.45) is 0 Å². The fourth-order valence-corrected chi connectivity index (χ4v) is 3.29. The predicted molar refractivity (Wildman–Crippen MR) is 107 cm³/mol. The number of ether oxygens (including phenoxy) is 2. The molecule has 1 aliphatic rings. The number of piperazine rings is 1. The van der Waals surface area contributed by atoms with Gasteiger partial charge in [-0.05, 0) is 12.1 Å². The maximum atomic E-state index is 13.2. The van der Waals surface area contributed by atoms with Crippen LogP contribution in [0, 0.1) is 10.1 Å². The van der Waals surface area contributed by atoms with E-state index in [1.807, 2.05) is 24.3 Å². The summed E-state index contributed by atoms with van der Waals surface area (Å²) in [6.45, 7) is 1.78. The van der Waals surface area contributed by atoms with E-state index in [2.05, 4.69) is 5.32 Å². The number of halogens is 1. The number of benzene rings is 2. The molecule has 28 heavy (non-hydrogen) atoms. The highest BCUT2D eigenvalue weighted by molar-refractivity contribution is 5.95. The van der Waals surface area contributed by atoms with Crippen molar-refractivity contribution in [3.8, 4) is 11.5 Å². The van der Waals surface area contributed by atoms with Crippen molar-refractivity contribution in [1.82, 2.24) is 10.2 Å². The molecule has 8 nitrogen and oxygen atoms in total. The van der Waals surface area contributed by atoms with E-state index in [1.165, 1.54) is 25.3 Å². The molecule has 0 aromatic heterocycles. The summed E-state index contributed by atoms with van der Waals surface area (Å²) in [6, 6.07) is 11.6. The lowest BCUT2D eigenvalue weighted by atomic mass is 10.0. The normalized spacial score (nSPS) is 16.1. The molecule has 1 unspecified atom stereocenters. The molecule has 150 valence electrons. The molecular weight excluding hydrogens is 386 g/mol. The number of nitrogens with one attached hydrogen (secondary N) is 1. The number of carbonyl (C=O) groups excluding carboxylic acids is 1. The highest BCUT2D eigenvalue weighted by atomic mass is 35.5. The van der Waals surface area contributed by atoms with Gasteiger partial charge in [0.05, 0.1) is 25.2 Å². The number of hydrogen-bond acceptors (Lipinski definition) is 6. The van der Waals surface area contributed by atoms with Crippen LogP contribution in [0.5, 0.6) is 11.5 Å². The molecule has 0 aliphatic carbocycles. The van der Waals surface area contributed by atoms with E-state index in [4.69, 9.17) is 9.47 Å². The van der Waals surface area contributed by atoms with Crippen LogP contribution in [0.3, 0.4) is 0 Å². The van der Waals surface area contributed by atoms with Gasteiger partial charge >= 0.3 is 5.69 Å². The molecular formula is C19H22ClN3O5. The summed E-state index contributed by atoms with van der Waals surface area (Å²) in [5, 5.41) is 14.4. The SMILES string of the molecule is COc1ccccc1C1CNCCN1C(=O)c1ccc([N+](=O)[O-])c(OC)c1.Cl. The molecule has 1 saturated heterocycles. The van der Waals surface area contributed by atoms with Crippen molar-refractivity contribution >= 4 is 24.0 Å². The summed E-state index contributed by atoms with van der Waals surface area (Å²) in [5.41, 5.74) is 1.09. The Morgan fingerprint density at radius 2 is 1.89 bits per heavy atom. The maximum Gasteiger partial charge on any atom is 0.310 e. The first-order valence-corrected chi connectivity index (χ1v) is 8.54. The molecule has 2 aromatic rings. The van der Waals surface area contributed by atoms with Crippen LogP contribution in [0.4, 0.5) is 5.69 Å². The molecule has 1 amide bonds. The molecule has 0 bridgehead atoms. The Bertz CT molecular complexity index is 861. The summed E-state index contributed by atoms with van der Waals surface area (Å²) in [7, 11) is 2.95. The van der Waals surface area contributed by atoms with Crippen LogP contribution >= 0.6 is 12.4 Å². The minimum Gasteiger partial charge on any atom is -0.496 e. The zero-order valence-corrected chi connectivity index (χ0v) is 16.4. The number of nitro groups is 1. The highest BCUT2D eigenvalue weighted by Gasteiger charge is 2.31. The van der Waals surface area contributed by atoms with E-state index in [0.717, 1.165) is 5.56 Å². The Morgan fingerprint density at radius 1 is 1.18 bits per heavy atom. The van der Waals surface area contributed by atoms with Crippen LogP contribution in [0.2, 0.25) is 0 Å². The molecule has 3 rings (SSSR count). The first-order valence-electron chi connectivity index (χ1n) is 8.54. The quantitative estimate of drug-likeness (QED) is 0.605. The van der Waals surface area contributed by atoms with Gasteiger partial charge in [0.25, 0.3) is 5.91 Å². The summed E-state index contributed by atoms with van der Waals surface area (Å²) in [6.07, 6.45) is 0. The zero-order chi connectivity index (χ0) is 19.4. The van der Waals surface area contributed by atoms with Crippen LogP contribution < -0.4 is 14.8 Å². The molecule has 0 radical (unpaired) electrons. The van der Waals surface area contributed by atoms with Crippen molar-refractivity contribution in [1.29, 1.82) is 0 Å². The largest absolute Gasteiger partial charge is 0.496 e. The molecule has 1 aliphatic heterocycles. The fraction of sp³-hybridized carbons (Fsp3) is 0.316. The van der Waals surface area contributed by atoms with Crippen LogP contribution in [-0.4, -0.2) is 49.6 Å². The smallest absolute Gasteiger partial charge is 0.310 e. The van der Waals surface area contributed by atoms with Crippen molar-refractivity contribution in [2.75, 3.05) is 33.9 Å². The third-order valence-electron chi connectivity index (χ3n) is 4.63. The Hall–Kier alpha value is -2.84. The maximum absolute atomic E-state index is 13.2. The lowest BCUT2D eigenvalue weighted by Gasteiger charge is -2.37. The van der Waals surface area contributed by atoms with Gasteiger partial charge in [-0.3, -0.25) is 14.9 Å². The van der Waals surface area contributed by atoms with E-state index < -0.39 is 4.92 Å². The number of nitro benzene ring substituents is 1. The second-order valence-corrected chi connectivity index (χ2v) is 6.10. The third kappa shape index (κ3) is 4.18. The Kier molecular flexibility index (Phi) is 7.19. The number of para-hydroxylation sites is 1. The lowest BCUT2D eigenvalue weighted by molar-refractivity contribution is -0.385. The summed E-state index contributed by atoms with van der Waals surface area (Å²) >= 11 is 0. The van der Waals surface area contributed by atoms with Crippen molar-refractivity contribution in [3.05, 3.63) is 63.7 Å². The Balaban J connectivity index is 0.00000280. The Labute approximate surface area is 169 Å². The van der Waals surface area contributed by atoms with Crippen molar-refractivity contribution in [3.63, 3.8) is 0 Å². The second kappa shape index (κ2) is 9.38. The van der Waals surface area contributed by atoms with E-state index in [1.54, 1.807) is 12.0 Å². The molecule has 0 spiro atoms. The lowest BCUT2D eigenvalue weighted by Crippen LogP contribution is -2.48. The van der Waals surface area contributed by atoms with E-state index in [-0.39, 0.29) is 35.8 Å². The molecule has 2 aromatic carbocycles.